The molecule has 0 aliphatic carbocycles. The maximum atomic E-state index is 11.9. The molecule has 0 fully saturated rings. The molecule has 0 atom stereocenters. The van der Waals surface area contributed by atoms with Gasteiger partial charge in [0.2, 0.25) is 0 Å². The van der Waals surface area contributed by atoms with E-state index in [1.165, 1.54) is 13.3 Å². The average molecular weight is 406 g/mol. The summed E-state index contributed by atoms with van der Waals surface area (Å²) in [5.74, 6) is 1.43. The van der Waals surface area contributed by atoms with Crippen LogP contribution in [0.1, 0.15) is 19.4 Å². The fourth-order valence-electron chi connectivity index (χ4n) is 2.27. The molecule has 0 saturated heterocycles. The molecular weight excluding hydrogens is 382 g/mol. The lowest BCUT2D eigenvalue weighted by atomic mass is 10.2. The Balaban J connectivity index is 1.92. The van der Waals surface area contributed by atoms with Crippen molar-refractivity contribution in [3.63, 3.8) is 0 Å². The van der Waals surface area contributed by atoms with Crippen LogP contribution in [0.4, 0.5) is 5.69 Å². The number of benzene rings is 2. The van der Waals surface area contributed by atoms with Crippen molar-refractivity contribution >= 4 is 29.4 Å². The van der Waals surface area contributed by atoms with Crippen LogP contribution in [0.25, 0.3) is 0 Å². The summed E-state index contributed by atoms with van der Waals surface area (Å²) >= 11 is 6.27. The Morgan fingerprint density at radius 2 is 1.89 bits per heavy atom. The van der Waals surface area contributed by atoms with Crippen LogP contribution in [-0.2, 0) is 4.79 Å². The van der Waals surface area contributed by atoms with E-state index in [0.717, 1.165) is 11.4 Å². The van der Waals surface area contributed by atoms with E-state index in [9.17, 15) is 4.79 Å². The standard InChI is InChI=1S/C20H24ClN3O4/c1-13(2)28-20-17(21)9-14(10-18(20)27-4)11-23-24-19(25)12-22-15-5-7-16(26-3)8-6-15/h5-11,13,22H,12H2,1-4H3,(H,24,25)/b23-11-. The van der Waals surface area contributed by atoms with Crippen LogP contribution < -0.4 is 25.0 Å². The number of carbonyl (C=O) groups excluding carboxylic acids is 1. The summed E-state index contributed by atoms with van der Waals surface area (Å²) in [6.45, 7) is 3.89. The summed E-state index contributed by atoms with van der Waals surface area (Å²) < 4.78 is 16.1. The van der Waals surface area contributed by atoms with Gasteiger partial charge in [-0.2, -0.15) is 5.10 Å². The van der Waals surface area contributed by atoms with Crippen molar-refractivity contribution in [2.45, 2.75) is 20.0 Å². The van der Waals surface area contributed by atoms with Gasteiger partial charge in [0.05, 0.1) is 38.1 Å². The van der Waals surface area contributed by atoms with Gasteiger partial charge in [0.15, 0.2) is 11.5 Å². The molecule has 0 unspecified atom stereocenters. The number of hydrogen-bond acceptors (Lipinski definition) is 6. The van der Waals surface area contributed by atoms with Crippen molar-refractivity contribution < 1.29 is 19.0 Å². The minimum atomic E-state index is -0.287. The van der Waals surface area contributed by atoms with Crippen LogP contribution >= 0.6 is 11.6 Å². The lowest BCUT2D eigenvalue weighted by molar-refractivity contribution is -0.119. The lowest BCUT2D eigenvalue weighted by Gasteiger charge is -2.15. The lowest BCUT2D eigenvalue weighted by Crippen LogP contribution is -2.25. The molecule has 28 heavy (non-hydrogen) atoms. The fourth-order valence-corrected chi connectivity index (χ4v) is 2.54. The number of hydrogen-bond donors (Lipinski definition) is 2. The molecule has 0 aliphatic rings. The Morgan fingerprint density at radius 3 is 2.50 bits per heavy atom. The summed E-state index contributed by atoms with van der Waals surface area (Å²) in [6, 6.07) is 10.7. The predicted octanol–water partition coefficient (Wildman–Crippen LogP) is 3.71. The first-order valence-electron chi connectivity index (χ1n) is 8.67. The third-order valence-electron chi connectivity index (χ3n) is 3.55. The summed E-state index contributed by atoms with van der Waals surface area (Å²) in [5.41, 5.74) is 3.93. The van der Waals surface area contributed by atoms with Crippen molar-refractivity contribution in [3.05, 3.63) is 47.0 Å². The molecule has 0 spiro atoms. The minimum absolute atomic E-state index is 0.0385. The van der Waals surface area contributed by atoms with Gasteiger partial charge >= 0.3 is 0 Å². The topological polar surface area (TPSA) is 81.2 Å². The predicted molar refractivity (Wildman–Crippen MR) is 111 cm³/mol. The number of ether oxygens (including phenoxy) is 3. The molecular formula is C20H24ClN3O4. The van der Waals surface area contributed by atoms with E-state index in [4.69, 9.17) is 25.8 Å². The molecule has 0 aromatic heterocycles. The van der Waals surface area contributed by atoms with Crippen molar-refractivity contribution in [1.29, 1.82) is 0 Å². The molecule has 0 saturated carbocycles. The van der Waals surface area contributed by atoms with Crippen molar-refractivity contribution in [2.75, 3.05) is 26.1 Å². The van der Waals surface area contributed by atoms with E-state index < -0.39 is 0 Å². The van der Waals surface area contributed by atoms with E-state index >= 15 is 0 Å². The number of rotatable bonds is 9. The van der Waals surface area contributed by atoms with Crippen molar-refractivity contribution in [3.8, 4) is 17.2 Å². The van der Waals surface area contributed by atoms with E-state index in [2.05, 4.69) is 15.8 Å². The van der Waals surface area contributed by atoms with Gasteiger partial charge in [-0.1, -0.05) is 11.6 Å². The highest BCUT2D eigenvalue weighted by Gasteiger charge is 2.13. The Bertz CT molecular complexity index is 823. The number of nitrogens with one attached hydrogen (secondary N) is 2. The normalized spacial score (nSPS) is 10.8. The molecule has 8 heteroatoms. The fraction of sp³-hybridized carbons (Fsp3) is 0.300. The monoisotopic (exact) mass is 405 g/mol. The van der Waals surface area contributed by atoms with Gasteiger partial charge in [-0.15, -0.1) is 0 Å². The highest BCUT2D eigenvalue weighted by atomic mass is 35.5. The molecule has 150 valence electrons. The summed E-state index contributed by atoms with van der Waals surface area (Å²) in [4.78, 5) is 11.9. The quantitative estimate of drug-likeness (QED) is 0.491. The largest absolute Gasteiger partial charge is 0.497 e. The summed E-state index contributed by atoms with van der Waals surface area (Å²) in [6.07, 6.45) is 1.45. The summed E-state index contributed by atoms with van der Waals surface area (Å²) in [5, 5.41) is 7.35. The Kier molecular flexibility index (Phi) is 7.95. The third-order valence-corrected chi connectivity index (χ3v) is 3.83. The van der Waals surface area contributed by atoms with Crippen LogP contribution in [-0.4, -0.2) is 39.0 Å². The highest BCUT2D eigenvalue weighted by molar-refractivity contribution is 6.32. The smallest absolute Gasteiger partial charge is 0.259 e. The zero-order valence-electron chi connectivity index (χ0n) is 16.3. The Hall–Kier alpha value is -2.93. The number of carbonyl (C=O) groups is 1. The molecule has 0 bridgehead atoms. The first-order valence-corrected chi connectivity index (χ1v) is 9.04. The molecule has 2 aromatic rings. The third kappa shape index (κ3) is 6.35. The molecule has 2 rings (SSSR count). The number of halogens is 1. The first kappa shape index (κ1) is 21.4. The highest BCUT2D eigenvalue weighted by Crippen LogP contribution is 2.36. The number of amides is 1. The Morgan fingerprint density at radius 1 is 1.18 bits per heavy atom. The number of nitrogens with zero attached hydrogens (tertiary/aromatic N) is 1. The second kappa shape index (κ2) is 10.4. The number of hydrazone groups is 1. The van der Waals surface area contributed by atoms with Gasteiger partial charge < -0.3 is 19.5 Å². The SMILES string of the molecule is COc1ccc(NCC(=O)N/N=C\c2cc(Cl)c(OC(C)C)c(OC)c2)cc1. The Labute approximate surface area is 169 Å². The van der Waals surface area contributed by atoms with Gasteiger partial charge in [-0.25, -0.2) is 5.43 Å². The maximum absolute atomic E-state index is 11.9. The van der Waals surface area contributed by atoms with Crippen LogP contribution in [0, 0.1) is 0 Å². The van der Waals surface area contributed by atoms with E-state index in [1.807, 2.05) is 38.1 Å². The first-order chi connectivity index (χ1) is 13.4. The van der Waals surface area contributed by atoms with Crippen molar-refractivity contribution in [2.24, 2.45) is 5.10 Å². The van der Waals surface area contributed by atoms with Crippen LogP contribution in [0.3, 0.4) is 0 Å². The molecule has 2 aromatic carbocycles. The number of anilines is 1. The maximum Gasteiger partial charge on any atom is 0.259 e. The summed E-state index contributed by atoms with van der Waals surface area (Å²) in [7, 11) is 3.13. The van der Waals surface area contributed by atoms with E-state index in [1.54, 1.807) is 19.2 Å². The molecule has 0 radical (unpaired) electrons. The van der Waals surface area contributed by atoms with Gasteiger partial charge in [-0.3, -0.25) is 4.79 Å². The molecule has 0 heterocycles. The molecule has 7 nitrogen and oxygen atoms in total. The zero-order chi connectivity index (χ0) is 20.5. The van der Waals surface area contributed by atoms with Crippen LogP contribution in [0.2, 0.25) is 5.02 Å². The van der Waals surface area contributed by atoms with Crippen molar-refractivity contribution in [1.82, 2.24) is 5.43 Å². The van der Waals surface area contributed by atoms with Gasteiger partial charge in [0.25, 0.3) is 5.91 Å². The second-order valence-corrected chi connectivity index (χ2v) is 6.48. The zero-order valence-corrected chi connectivity index (χ0v) is 17.0. The van der Waals surface area contributed by atoms with Gasteiger partial charge in [-0.05, 0) is 55.8 Å². The van der Waals surface area contributed by atoms with Crippen LogP contribution in [0.15, 0.2) is 41.5 Å². The van der Waals surface area contributed by atoms with Gasteiger partial charge in [0, 0.05) is 5.69 Å². The molecule has 2 N–H and O–H groups in total. The average Bonchev–Trinajstić information content (AvgIpc) is 2.68. The van der Waals surface area contributed by atoms with Crippen LogP contribution in [0.5, 0.6) is 17.2 Å². The van der Waals surface area contributed by atoms with E-state index in [-0.39, 0.29) is 18.6 Å². The number of methoxy groups -OCH3 is 2. The second-order valence-electron chi connectivity index (χ2n) is 6.08. The van der Waals surface area contributed by atoms with E-state index in [0.29, 0.717) is 22.1 Å². The van der Waals surface area contributed by atoms with Gasteiger partial charge in [0.1, 0.15) is 5.75 Å². The molecule has 0 aliphatic heterocycles. The molecule has 1 amide bonds. The minimum Gasteiger partial charge on any atom is -0.497 e.